The summed E-state index contributed by atoms with van der Waals surface area (Å²) in [5.41, 5.74) is 6.12. The van der Waals surface area contributed by atoms with E-state index in [4.69, 9.17) is 10.8 Å². The zero-order valence-electron chi connectivity index (χ0n) is 8.07. The van der Waals surface area contributed by atoms with Crippen LogP contribution in [0.25, 0.3) is 0 Å². The maximum Gasteiger partial charge on any atom is 0.239 e. The molecular formula is C10H16N2O2. The lowest BCUT2D eigenvalue weighted by molar-refractivity contribution is -0.122. The summed E-state index contributed by atoms with van der Waals surface area (Å²) in [6.45, 7) is 7.07. The molecule has 0 spiro atoms. The van der Waals surface area contributed by atoms with Crippen LogP contribution in [-0.4, -0.2) is 30.2 Å². The fourth-order valence-corrected chi connectivity index (χ4v) is 0.754. The second-order valence-electron chi connectivity index (χ2n) is 2.69. The maximum atomic E-state index is 11.1. The minimum atomic E-state index is -0.871. The molecule has 1 atom stereocenters. The number of hydrogen-bond acceptors (Lipinski definition) is 3. The third-order valence-corrected chi connectivity index (χ3v) is 1.59. The first-order chi connectivity index (χ1) is 6.65. The third-order valence-electron chi connectivity index (χ3n) is 1.59. The van der Waals surface area contributed by atoms with Crippen LogP contribution in [-0.2, 0) is 4.79 Å². The Morgan fingerprint density at radius 2 is 2.21 bits per heavy atom. The fourth-order valence-electron chi connectivity index (χ4n) is 0.754. The average molecular weight is 196 g/mol. The van der Waals surface area contributed by atoms with Crippen LogP contribution in [0.15, 0.2) is 37.0 Å². The lowest BCUT2D eigenvalue weighted by Gasteiger charge is -2.09. The Morgan fingerprint density at radius 3 is 2.64 bits per heavy atom. The smallest absolute Gasteiger partial charge is 0.239 e. The molecule has 0 aromatic rings. The van der Waals surface area contributed by atoms with Crippen molar-refractivity contribution in [3.05, 3.63) is 37.0 Å². The van der Waals surface area contributed by atoms with Crippen LogP contribution >= 0.6 is 0 Å². The molecular weight excluding hydrogens is 180 g/mol. The first-order valence-corrected chi connectivity index (χ1v) is 4.23. The summed E-state index contributed by atoms with van der Waals surface area (Å²) in [5.74, 6) is -0.385. The summed E-state index contributed by atoms with van der Waals surface area (Å²) in [6.07, 6.45) is 4.96. The van der Waals surface area contributed by atoms with Crippen LogP contribution in [0.4, 0.5) is 0 Å². The summed E-state index contributed by atoms with van der Waals surface area (Å²) < 4.78 is 0. The van der Waals surface area contributed by atoms with Crippen LogP contribution < -0.4 is 11.1 Å². The van der Waals surface area contributed by atoms with Crippen molar-refractivity contribution in [3.63, 3.8) is 0 Å². The lowest BCUT2D eigenvalue weighted by atomic mass is 10.2. The maximum absolute atomic E-state index is 11.1. The van der Waals surface area contributed by atoms with Gasteiger partial charge in [0.2, 0.25) is 5.91 Å². The Kier molecular flexibility index (Phi) is 6.36. The van der Waals surface area contributed by atoms with Gasteiger partial charge < -0.3 is 16.2 Å². The van der Waals surface area contributed by atoms with Gasteiger partial charge >= 0.3 is 0 Å². The SMILES string of the molecule is C=C/C=C(\C=C)CNC(=O)C(N)CO. The summed E-state index contributed by atoms with van der Waals surface area (Å²) in [5, 5.41) is 11.2. The van der Waals surface area contributed by atoms with Gasteiger partial charge in [-0.2, -0.15) is 0 Å². The van der Waals surface area contributed by atoms with E-state index < -0.39 is 6.04 Å². The molecule has 0 aromatic carbocycles. The molecule has 0 bridgehead atoms. The molecule has 1 unspecified atom stereocenters. The van der Waals surface area contributed by atoms with E-state index in [0.717, 1.165) is 5.57 Å². The lowest BCUT2D eigenvalue weighted by Crippen LogP contribution is -2.43. The van der Waals surface area contributed by atoms with E-state index in [1.54, 1.807) is 18.2 Å². The Hall–Kier alpha value is -1.39. The van der Waals surface area contributed by atoms with E-state index in [9.17, 15) is 4.79 Å². The number of rotatable bonds is 6. The van der Waals surface area contributed by atoms with Gasteiger partial charge in [0, 0.05) is 6.54 Å². The van der Waals surface area contributed by atoms with Crippen molar-refractivity contribution in [2.45, 2.75) is 6.04 Å². The molecule has 4 N–H and O–H groups in total. The first-order valence-electron chi connectivity index (χ1n) is 4.23. The number of hydrogen-bond donors (Lipinski definition) is 3. The van der Waals surface area contributed by atoms with Gasteiger partial charge in [-0.1, -0.05) is 31.4 Å². The van der Waals surface area contributed by atoms with Gasteiger partial charge in [0.05, 0.1) is 6.61 Å². The molecule has 14 heavy (non-hydrogen) atoms. The van der Waals surface area contributed by atoms with E-state index in [1.165, 1.54) is 0 Å². The van der Waals surface area contributed by atoms with E-state index in [1.807, 2.05) is 0 Å². The van der Waals surface area contributed by atoms with Crippen LogP contribution in [0, 0.1) is 0 Å². The molecule has 0 aliphatic rings. The van der Waals surface area contributed by atoms with Gasteiger partial charge in [-0.3, -0.25) is 4.79 Å². The van der Waals surface area contributed by atoms with E-state index in [-0.39, 0.29) is 12.5 Å². The molecule has 78 valence electrons. The van der Waals surface area contributed by atoms with Crippen molar-refractivity contribution in [1.82, 2.24) is 5.32 Å². The number of aliphatic hydroxyl groups is 1. The third kappa shape index (κ3) is 4.59. The zero-order valence-corrected chi connectivity index (χ0v) is 8.07. The van der Waals surface area contributed by atoms with Crippen molar-refractivity contribution >= 4 is 5.91 Å². The van der Waals surface area contributed by atoms with Crippen LogP contribution in [0.1, 0.15) is 0 Å². The van der Waals surface area contributed by atoms with Gasteiger partial charge in [-0.05, 0) is 5.57 Å². The second kappa shape index (κ2) is 7.06. The minimum Gasteiger partial charge on any atom is -0.394 e. The molecule has 4 nitrogen and oxygen atoms in total. The fraction of sp³-hybridized carbons (Fsp3) is 0.300. The number of allylic oxidation sites excluding steroid dienone is 2. The van der Waals surface area contributed by atoms with Crippen molar-refractivity contribution in [2.75, 3.05) is 13.2 Å². The highest BCUT2D eigenvalue weighted by molar-refractivity contribution is 5.81. The normalized spacial score (nSPS) is 13.1. The molecule has 0 fully saturated rings. The van der Waals surface area contributed by atoms with Crippen molar-refractivity contribution in [1.29, 1.82) is 0 Å². The molecule has 0 aromatic heterocycles. The van der Waals surface area contributed by atoms with Crippen LogP contribution in [0.5, 0.6) is 0 Å². The summed E-state index contributed by atoms with van der Waals surface area (Å²) in [4.78, 5) is 11.1. The molecule has 0 heterocycles. The summed E-state index contributed by atoms with van der Waals surface area (Å²) in [7, 11) is 0. The van der Waals surface area contributed by atoms with E-state index in [0.29, 0.717) is 6.54 Å². The standard InChI is InChI=1S/C10H16N2O2/c1-3-5-8(4-2)6-12-10(14)9(11)7-13/h3-5,9,13H,1-2,6-7,11H2,(H,12,14)/b8-5+. The van der Waals surface area contributed by atoms with E-state index in [2.05, 4.69) is 18.5 Å². The number of carbonyl (C=O) groups excluding carboxylic acids is 1. The number of carbonyl (C=O) groups is 1. The molecule has 4 heteroatoms. The van der Waals surface area contributed by atoms with E-state index >= 15 is 0 Å². The molecule has 0 saturated carbocycles. The quantitative estimate of drug-likeness (QED) is 0.511. The van der Waals surface area contributed by atoms with Crippen LogP contribution in [0.2, 0.25) is 0 Å². The number of amides is 1. The van der Waals surface area contributed by atoms with Gasteiger partial charge in [0.1, 0.15) is 6.04 Å². The Labute approximate surface area is 83.8 Å². The summed E-state index contributed by atoms with van der Waals surface area (Å²) in [6, 6.07) is -0.871. The molecule has 0 aliphatic carbocycles. The van der Waals surface area contributed by atoms with Crippen LogP contribution in [0.3, 0.4) is 0 Å². The average Bonchev–Trinajstić information content (AvgIpc) is 2.22. The Bertz CT molecular complexity index is 247. The molecule has 1 amide bonds. The van der Waals surface area contributed by atoms with Crippen molar-refractivity contribution < 1.29 is 9.90 Å². The highest BCUT2D eigenvalue weighted by atomic mass is 16.3. The molecule has 0 radical (unpaired) electrons. The predicted molar refractivity (Wildman–Crippen MR) is 56.5 cm³/mol. The zero-order chi connectivity index (χ0) is 11.0. The van der Waals surface area contributed by atoms with Crippen molar-refractivity contribution in [3.8, 4) is 0 Å². The molecule has 0 aliphatic heterocycles. The Morgan fingerprint density at radius 1 is 1.57 bits per heavy atom. The van der Waals surface area contributed by atoms with Gasteiger partial charge in [0.25, 0.3) is 0 Å². The Balaban J connectivity index is 4.03. The number of aliphatic hydroxyl groups excluding tert-OH is 1. The monoisotopic (exact) mass is 196 g/mol. The largest absolute Gasteiger partial charge is 0.394 e. The topological polar surface area (TPSA) is 75.4 Å². The highest BCUT2D eigenvalue weighted by Gasteiger charge is 2.10. The van der Waals surface area contributed by atoms with Gasteiger partial charge in [-0.25, -0.2) is 0 Å². The molecule has 0 rings (SSSR count). The molecule has 0 saturated heterocycles. The van der Waals surface area contributed by atoms with Gasteiger partial charge in [0.15, 0.2) is 0 Å². The predicted octanol–water partition coefficient (Wildman–Crippen LogP) is -0.279. The van der Waals surface area contributed by atoms with Gasteiger partial charge in [-0.15, -0.1) is 0 Å². The second-order valence-corrected chi connectivity index (χ2v) is 2.69. The minimum absolute atomic E-state index is 0.335. The van der Waals surface area contributed by atoms with Crippen molar-refractivity contribution in [2.24, 2.45) is 5.73 Å². The summed E-state index contributed by atoms with van der Waals surface area (Å²) >= 11 is 0. The number of nitrogens with one attached hydrogen (secondary N) is 1. The highest BCUT2D eigenvalue weighted by Crippen LogP contribution is 1.93. The number of nitrogens with two attached hydrogens (primary N) is 1. The first kappa shape index (κ1) is 12.6.